The first-order chi connectivity index (χ1) is 21.4. The lowest BCUT2D eigenvalue weighted by atomic mass is 9.90. The number of carbonyl (C=O) groups is 2. The van der Waals surface area contributed by atoms with Gasteiger partial charge in [-0.05, 0) is 43.0 Å². The van der Waals surface area contributed by atoms with Crippen molar-refractivity contribution in [1.82, 2.24) is 40.4 Å². The number of ether oxygens (including phenoxy) is 1. The molecule has 1 saturated carbocycles. The molecule has 2 fully saturated rings. The van der Waals surface area contributed by atoms with Gasteiger partial charge in [-0.1, -0.05) is 39.8 Å². The predicted octanol–water partition coefficient (Wildman–Crippen LogP) is 5.61. The fraction of sp³-hybridized carbons (Fsp3) is 0.643. The number of aryl methyl sites for hydroxylation is 1. The average Bonchev–Trinajstić information content (AvgIpc) is 3.42. The minimum Gasteiger partial charge on any atom is -0.381 e. The number of methoxy groups -OCH3 is 1. The number of nitrogens with zero attached hydrogens (tertiary/aromatic N) is 6. The van der Waals surface area contributed by atoms with E-state index in [0.29, 0.717) is 28.7 Å². The Morgan fingerprint density at radius 1 is 1.15 bits per heavy atom. The Morgan fingerprint density at radius 3 is 2.24 bits per heavy atom. The number of alkyl halides is 6. The molecule has 18 heteroatoms. The molecule has 3 aromatic heterocycles. The van der Waals surface area contributed by atoms with E-state index < -0.39 is 42.3 Å². The van der Waals surface area contributed by atoms with Gasteiger partial charge in [0, 0.05) is 13.7 Å². The molecule has 12 nitrogen and oxygen atoms in total. The van der Waals surface area contributed by atoms with E-state index >= 15 is 0 Å². The lowest BCUT2D eigenvalue weighted by Crippen LogP contribution is -2.40. The molecule has 1 aliphatic heterocycles. The van der Waals surface area contributed by atoms with Gasteiger partial charge < -0.3 is 20.3 Å². The van der Waals surface area contributed by atoms with Crippen molar-refractivity contribution in [3.8, 4) is 0 Å². The number of aromatic nitrogens is 5. The summed E-state index contributed by atoms with van der Waals surface area (Å²) in [6, 6.07) is -1.08. The van der Waals surface area contributed by atoms with Crippen LogP contribution in [-0.2, 0) is 17.8 Å². The molecule has 2 aliphatic rings. The minimum atomic E-state index is -4.50. The fourth-order valence-corrected chi connectivity index (χ4v) is 3.46. The summed E-state index contributed by atoms with van der Waals surface area (Å²) < 4.78 is 84.7. The van der Waals surface area contributed by atoms with E-state index in [2.05, 4.69) is 30.3 Å². The van der Waals surface area contributed by atoms with Crippen LogP contribution >= 0.6 is 0 Å². The quantitative estimate of drug-likeness (QED) is 0.310. The highest BCUT2D eigenvalue weighted by atomic mass is 19.4. The molecule has 1 atom stereocenters. The molecule has 0 bridgehead atoms. The molecular weight excluding hydrogens is 626 g/mol. The first-order valence-electron chi connectivity index (χ1n) is 14.6. The van der Waals surface area contributed by atoms with Crippen molar-refractivity contribution in [2.45, 2.75) is 98.4 Å². The molecule has 2 N–H and O–H groups in total. The number of carbonyl (C=O) groups excluding carboxylic acids is 2. The third-order valence-corrected chi connectivity index (χ3v) is 6.99. The summed E-state index contributed by atoms with van der Waals surface area (Å²) in [7, 11) is 1.76. The Morgan fingerprint density at radius 2 is 1.80 bits per heavy atom. The number of amides is 3. The number of hydrogen-bond acceptors (Lipinski definition) is 8. The lowest BCUT2D eigenvalue weighted by molar-refractivity contribution is -0.212. The van der Waals surface area contributed by atoms with Gasteiger partial charge in [0.1, 0.15) is 11.7 Å². The standard InChI is InChI=1S/C16H15F3N8O3.C6H11F3.C4H8O.C2H6/c1-8-13(25-30-24-8)14(28)20-4-10-6-27-12(22-10)2-9(3-21-27)5-26-7-11(16(17,18)19)23-15(26)29;1-4-5(2,3)6(7,8)9;1-5-4-2-3-4;1-2/h2-3,6,11H,4-5,7H2,1H3,(H,20,28)(H,23,29);4H2,1-3H3;4H,2-3H2,1H3;1-2H3. The fourth-order valence-electron chi connectivity index (χ4n) is 3.46. The van der Waals surface area contributed by atoms with Crippen molar-refractivity contribution in [3.05, 3.63) is 41.1 Å². The molecule has 46 heavy (non-hydrogen) atoms. The third-order valence-electron chi connectivity index (χ3n) is 6.99. The van der Waals surface area contributed by atoms with E-state index in [9.17, 15) is 35.9 Å². The molecule has 1 aliphatic carbocycles. The molecule has 1 saturated heterocycles. The smallest absolute Gasteiger partial charge is 0.381 e. The van der Waals surface area contributed by atoms with E-state index in [4.69, 9.17) is 4.74 Å². The first-order valence-corrected chi connectivity index (χ1v) is 14.6. The molecule has 0 radical (unpaired) electrons. The Hall–Kier alpha value is -3.96. The summed E-state index contributed by atoms with van der Waals surface area (Å²) in [6.07, 6.45) is -2.18. The second-order valence-electron chi connectivity index (χ2n) is 10.9. The van der Waals surface area contributed by atoms with E-state index in [1.165, 1.54) is 44.3 Å². The van der Waals surface area contributed by atoms with Crippen molar-refractivity contribution in [2.24, 2.45) is 5.41 Å². The minimum absolute atomic E-state index is 0.0424. The molecule has 3 amide bonds. The summed E-state index contributed by atoms with van der Waals surface area (Å²) in [5.41, 5.74) is 0.340. The highest BCUT2D eigenvalue weighted by Gasteiger charge is 2.47. The van der Waals surface area contributed by atoms with Crippen LogP contribution in [0.4, 0.5) is 31.1 Å². The van der Waals surface area contributed by atoms with Gasteiger partial charge in [-0.15, -0.1) is 0 Å². The topological polar surface area (TPSA) is 140 Å². The van der Waals surface area contributed by atoms with Crippen LogP contribution in [0.15, 0.2) is 23.1 Å². The number of hydrogen-bond donors (Lipinski definition) is 2. The normalized spacial score (nSPS) is 16.4. The molecule has 1 unspecified atom stereocenters. The van der Waals surface area contributed by atoms with Crippen LogP contribution in [0.3, 0.4) is 0 Å². The number of rotatable bonds is 7. The number of urea groups is 1. The van der Waals surface area contributed by atoms with Gasteiger partial charge in [-0.25, -0.2) is 18.9 Å². The maximum absolute atomic E-state index is 12.8. The Balaban J connectivity index is 0.000000380. The van der Waals surface area contributed by atoms with Gasteiger partial charge in [-0.2, -0.15) is 31.4 Å². The molecule has 5 rings (SSSR count). The summed E-state index contributed by atoms with van der Waals surface area (Å²) >= 11 is 0. The number of nitrogens with one attached hydrogen (secondary N) is 2. The van der Waals surface area contributed by atoms with Gasteiger partial charge in [-0.3, -0.25) is 4.79 Å². The highest BCUT2D eigenvalue weighted by Crippen LogP contribution is 2.39. The molecule has 4 heterocycles. The number of halogens is 6. The highest BCUT2D eigenvalue weighted by molar-refractivity contribution is 5.92. The second-order valence-corrected chi connectivity index (χ2v) is 10.9. The van der Waals surface area contributed by atoms with Crippen LogP contribution in [-0.4, -0.2) is 79.9 Å². The zero-order valence-electron chi connectivity index (χ0n) is 26.7. The van der Waals surface area contributed by atoms with Crippen molar-refractivity contribution in [2.75, 3.05) is 13.7 Å². The van der Waals surface area contributed by atoms with Crippen LogP contribution in [0.5, 0.6) is 0 Å². The van der Waals surface area contributed by atoms with Gasteiger partial charge in [0.15, 0.2) is 11.3 Å². The van der Waals surface area contributed by atoms with Gasteiger partial charge in [0.2, 0.25) is 0 Å². The van der Waals surface area contributed by atoms with Gasteiger partial charge >= 0.3 is 18.4 Å². The van der Waals surface area contributed by atoms with E-state index in [1.807, 2.05) is 19.2 Å². The Bertz CT molecular complexity index is 1420. The maximum atomic E-state index is 12.8. The molecule has 258 valence electrons. The van der Waals surface area contributed by atoms with Crippen molar-refractivity contribution < 1.29 is 45.3 Å². The van der Waals surface area contributed by atoms with E-state index in [1.54, 1.807) is 26.3 Å². The summed E-state index contributed by atoms with van der Waals surface area (Å²) in [5, 5.41) is 15.7. The van der Waals surface area contributed by atoms with Gasteiger partial charge in [0.05, 0.1) is 42.7 Å². The molecular formula is C28H40F6N8O4. The Kier molecular flexibility index (Phi) is 13.3. The molecule has 0 spiro atoms. The SMILES string of the molecule is CC.CCC(C)(C)C(F)(F)F.COC1CC1.Cc1nonc1C(=O)NCc1cn2ncc(CN3CC(C(F)(F)F)NC3=O)cc2n1. The average molecular weight is 667 g/mol. The van der Waals surface area contributed by atoms with E-state index in [-0.39, 0.29) is 25.2 Å². The third kappa shape index (κ3) is 10.8. The maximum Gasteiger partial charge on any atom is 0.410 e. The Labute approximate surface area is 262 Å². The molecule has 3 aromatic rings. The van der Waals surface area contributed by atoms with Crippen LogP contribution in [0.2, 0.25) is 0 Å². The van der Waals surface area contributed by atoms with Crippen molar-refractivity contribution in [1.29, 1.82) is 0 Å². The van der Waals surface area contributed by atoms with Crippen molar-refractivity contribution >= 4 is 17.6 Å². The van der Waals surface area contributed by atoms with E-state index in [0.717, 1.165) is 4.90 Å². The monoisotopic (exact) mass is 666 g/mol. The zero-order chi connectivity index (χ0) is 34.9. The van der Waals surface area contributed by atoms with Crippen LogP contribution in [0.25, 0.3) is 5.65 Å². The van der Waals surface area contributed by atoms with Crippen LogP contribution < -0.4 is 10.6 Å². The van der Waals surface area contributed by atoms with Crippen LogP contribution in [0.1, 0.15) is 81.3 Å². The summed E-state index contributed by atoms with van der Waals surface area (Å²) in [4.78, 5) is 29.2. The van der Waals surface area contributed by atoms with Crippen molar-refractivity contribution in [3.63, 3.8) is 0 Å². The molecule has 0 aromatic carbocycles. The first kappa shape index (κ1) is 38.2. The summed E-state index contributed by atoms with van der Waals surface area (Å²) in [5.74, 6) is -0.473. The van der Waals surface area contributed by atoms with Gasteiger partial charge in [0.25, 0.3) is 5.91 Å². The predicted molar refractivity (Wildman–Crippen MR) is 153 cm³/mol. The number of imidazole rings is 1. The zero-order valence-corrected chi connectivity index (χ0v) is 26.7. The largest absolute Gasteiger partial charge is 0.410 e. The lowest BCUT2D eigenvalue weighted by Gasteiger charge is -2.25. The number of fused-ring (bicyclic) bond motifs is 1. The summed E-state index contributed by atoms with van der Waals surface area (Å²) in [6.45, 7) is 9.09. The van der Waals surface area contributed by atoms with Crippen LogP contribution in [0, 0.1) is 12.3 Å². The second kappa shape index (κ2) is 16.0.